The van der Waals surface area contributed by atoms with E-state index >= 15 is 0 Å². The SMILES string of the molecule is COc1ccccc1Nc1nc(N)nc(CSc2nnc(C[C@@H]3CCS(=O)(=O)C3)o2)n1. The largest absolute Gasteiger partial charge is 0.495 e. The zero-order valence-corrected chi connectivity index (χ0v) is 18.3. The quantitative estimate of drug-likeness (QED) is 0.467. The fourth-order valence-electron chi connectivity index (χ4n) is 3.21. The Bertz CT molecular complexity index is 1170. The molecule has 1 saturated heterocycles. The lowest BCUT2D eigenvalue weighted by Crippen LogP contribution is -2.07. The number of hydrogen-bond acceptors (Lipinski definition) is 12. The predicted octanol–water partition coefficient (Wildman–Crippen LogP) is 1.86. The molecule has 0 saturated carbocycles. The number of nitrogens with one attached hydrogen (secondary N) is 1. The molecule has 3 heterocycles. The first-order valence-electron chi connectivity index (χ1n) is 9.46. The minimum atomic E-state index is -2.93. The van der Waals surface area contributed by atoms with Gasteiger partial charge in [-0.05, 0) is 24.5 Å². The third-order valence-corrected chi connectivity index (χ3v) is 7.27. The summed E-state index contributed by atoms with van der Waals surface area (Å²) in [6.07, 6.45) is 1.08. The van der Waals surface area contributed by atoms with Gasteiger partial charge in [-0.25, -0.2) is 8.42 Å². The normalized spacial score (nSPS) is 17.5. The molecule has 0 bridgehead atoms. The van der Waals surface area contributed by atoms with Crippen molar-refractivity contribution in [2.24, 2.45) is 5.92 Å². The van der Waals surface area contributed by atoms with Crippen molar-refractivity contribution in [2.75, 3.05) is 29.7 Å². The summed E-state index contributed by atoms with van der Waals surface area (Å²) >= 11 is 1.26. The third kappa shape index (κ3) is 5.61. The summed E-state index contributed by atoms with van der Waals surface area (Å²) in [5.74, 6) is 2.64. The fourth-order valence-corrected chi connectivity index (χ4v) is 5.71. The van der Waals surface area contributed by atoms with Crippen molar-refractivity contribution >= 4 is 39.2 Å². The Balaban J connectivity index is 1.38. The van der Waals surface area contributed by atoms with Crippen LogP contribution in [0, 0.1) is 5.92 Å². The van der Waals surface area contributed by atoms with Gasteiger partial charge in [-0.3, -0.25) is 0 Å². The Labute approximate surface area is 183 Å². The monoisotopic (exact) mass is 463 g/mol. The van der Waals surface area contributed by atoms with Gasteiger partial charge in [0.2, 0.25) is 17.8 Å². The molecule has 0 unspecified atom stereocenters. The van der Waals surface area contributed by atoms with E-state index in [0.29, 0.717) is 52.9 Å². The molecular weight excluding hydrogens is 442 g/mol. The average molecular weight is 464 g/mol. The summed E-state index contributed by atoms with van der Waals surface area (Å²) in [6, 6.07) is 7.37. The van der Waals surface area contributed by atoms with Gasteiger partial charge < -0.3 is 20.2 Å². The molecule has 1 fully saturated rings. The van der Waals surface area contributed by atoms with Crippen LogP contribution in [0.1, 0.15) is 18.1 Å². The van der Waals surface area contributed by atoms with Crippen LogP contribution in [0.25, 0.3) is 0 Å². The highest BCUT2D eigenvalue weighted by atomic mass is 32.2. The standard InChI is InChI=1S/C18H21N7O4S2/c1-28-13-5-3-2-4-12(13)20-17-22-14(21-16(19)23-17)9-30-18-25-24-15(29-18)8-11-6-7-31(26,27)10-11/h2-5,11H,6-10H2,1H3,(H3,19,20,21,22,23)/t11-/m0/s1. The number of benzene rings is 1. The van der Waals surface area contributed by atoms with Gasteiger partial charge in [0.1, 0.15) is 11.6 Å². The van der Waals surface area contributed by atoms with E-state index in [2.05, 4.69) is 30.5 Å². The Kier molecular flexibility index (Phi) is 6.23. The molecule has 1 aliphatic rings. The van der Waals surface area contributed by atoms with Gasteiger partial charge in [-0.1, -0.05) is 23.9 Å². The van der Waals surface area contributed by atoms with Crippen molar-refractivity contribution in [1.29, 1.82) is 0 Å². The number of thioether (sulfide) groups is 1. The maximum atomic E-state index is 11.6. The number of aromatic nitrogens is 5. The van der Waals surface area contributed by atoms with E-state index in [1.165, 1.54) is 11.8 Å². The number of nitrogen functional groups attached to an aromatic ring is 1. The summed E-state index contributed by atoms with van der Waals surface area (Å²) in [6.45, 7) is 0. The Morgan fingerprint density at radius 1 is 1.26 bits per heavy atom. The summed E-state index contributed by atoms with van der Waals surface area (Å²) in [5.41, 5.74) is 6.53. The first-order chi connectivity index (χ1) is 14.9. The van der Waals surface area contributed by atoms with E-state index in [-0.39, 0.29) is 23.4 Å². The van der Waals surface area contributed by atoms with Crippen LogP contribution < -0.4 is 15.8 Å². The van der Waals surface area contributed by atoms with E-state index < -0.39 is 9.84 Å². The molecule has 31 heavy (non-hydrogen) atoms. The molecule has 0 aliphatic carbocycles. The molecule has 0 radical (unpaired) electrons. The molecular formula is C18H21N7O4S2. The lowest BCUT2D eigenvalue weighted by atomic mass is 10.1. The number of para-hydroxylation sites is 2. The van der Waals surface area contributed by atoms with Gasteiger partial charge in [0.05, 0.1) is 30.1 Å². The van der Waals surface area contributed by atoms with Crippen LogP contribution in [0.2, 0.25) is 0 Å². The van der Waals surface area contributed by atoms with E-state index in [4.69, 9.17) is 14.9 Å². The molecule has 0 amide bonds. The van der Waals surface area contributed by atoms with Gasteiger partial charge in [0.25, 0.3) is 5.22 Å². The van der Waals surface area contributed by atoms with Crippen LogP contribution in [-0.2, 0) is 22.0 Å². The first-order valence-corrected chi connectivity index (χ1v) is 12.3. The number of anilines is 3. The van der Waals surface area contributed by atoms with Crippen molar-refractivity contribution in [3.8, 4) is 5.75 Å². The van der Waals surface area contributed by atoms with Crippen LogP contribution >= 0.6 is 11.8 Å². The molecule has 1 aliphatic heterocycles. The van der Waals surface area contributed by atoms with Gasteiger partial charge >= 0.3 is 0 Å². The van der Waals surface area contributed by atoms with Gasteiger partial charge in [0.15, 0.2) is 9.84 Å². The average Bonchev–Trinajstić information content (AvgIpc) is 3.32. The summed E-state index contributed by atoms with van der Waals surface area (Å²) in [5, 5.41) is 11.5. The lowest BCUT2D eigenvalue weighted by Gasteiger charge is -2.10. The Morgan fingerprint density at radius 2 is 2.10 bits per heavy atom. The van der Waals surface area contributed by atoms with Crippen molar-refractivity contribution in [1.82, 2.24) is 25.1 Å². The van der Waals surface area contributed by atoms with Crippen molar-refractivity contribution in [2.45, 2.75) is 23.8 Å². The van der Waals surface area contributed by atoms with E-state index in [0.717, 1.165) is 0 Å². The molecule has 164 valence electrons. The Morgan fingerprint density at radius 3 is 2.87 bits per heavy atom. The smallest absolute Gasteiger partial charge is 0.277 e. The second-order valence-electron chi connectivity index (χ2n) is 6.98. The van der Waals surface area contributed by atoms with Crippen molar-refractivity contribution in [3.63, 3.8) is 0 Å². The molecule has 13 heteroatoms. The van der Waals surface area contributed by atoms with Crippen molar-refractivity contribution < 1.29 is 17.6 Å². The highest BCUT2D eigenvalue weighted by molar-refractivity contribution is 7.98. The minimum absolute atomic E-state index is 0.0234. The number of hydrogen-bond donors (Lipinski definition) is 2. The van der Waals surface area contributed by atoms with E-state index in [9.17, 15) is 8.42 Å². The first kappa shape index (κ1) is 21.3. The number of methoxy groups -OCH3 is 1. The second kappa shape index (κ2) is 9.06. The number of nitrogens with two attached hydrogens (primary N) is 1. The molecule has 2 aromatic heterocycles. The maximum Gasteiger partial charge on any atom is 0.277 e. The van der Waals surface area contributed by atoms with Crippen LogP contribution in [-0.4, -0.2) is 52.2 Å². The van der Waals surface area contributed by atoms with Crippen LogP contribution in [0.3, 0.4) is 0 Å². The van der Waals surface area contributed by atoms with Crippen LogP contribution in [0.5, 0.6) is 5.75 Å². The molecule has 1 atom stereocenters. The molecule has 1 aromatic carbocycles. The molecule has 3 aromatic rings. The van der Waals surface area contributed by atoms with E-state index in [1.54, 1.807) is 7.11 Å². The van der Waals surface area contributed by atoms with Crippen LogP contribution in [0.15, 0.2) is 33.9 Å². The predicted molar refractivity (Wildman–Crippen MR) is 115 cm³/mol. The lowest BCUT2D eigenvalue weighted by molar-refractivity contribution is 0.389. The molecule has 11 nitrogen and oxygen atoms in total. The zero-order chi connectivity index (χ0) is 21.8. The molecule has 4 rings (SSSR count). The Hall–Kier alpha value is -2.93. The van der Waals surface area contributed by atoms with Crippen LogP contribution in [0.4, 0.5) is 17.6 Å². The number of nitrogens with zero attached hydrogens (tertiary/aromatic N) is 5. The minimum Gasteiger partial charge on any atom is -0.495 e. The fraction of sp³-hybridized carbons (Fsp3) is 0.389. The summed E-state index contributed by atoms with van der Waals surface area (Å²) in [7, 11) is -1.36. The molecule has 3 N–H and O–H groups in total. The van der Waals surface area contributed by atoms with Gasteiger partial charge in [-0.15, -0.1) is 10.2 Å². The summed E-state index contributed by atoms with van der Waals surface area (Å²) < 4.78 is 34.1. The topological polar surface area (TPSA) is 159 Å². The summed E-state index contributed by atoms with van der Waals surface area (Å²) in [4.78, 5) is 12.6. The van der Waals surface area contributed by atoms with Crippen molar-refractivity contribution in [3.05, 3.63) is 36.0 Å². The van der Waals surface area contributed by atoms with E-state index in [1.807, 2.05) is 24.3 Å². The zero-order valence-electron chi connectivity index (χ0n) is 16.7. The highest BCUT2D eigenvalue weighted by Crippen LogP contribution is 2.27. The van der Waals surface area contributed by atoms with Gasteiger partial charge in [-0.2, -0.15) is 15.0 Å². The third-order valence-electron chi connectivity index (χ3n) is 4.62. The molecule has 0 spiro atoms. The number of sulfone groups is 1. The maximum absolute atomic E-state index is 11.6. The second-order valence-corrected chi connectivity index (χ2v) is 10.1. The highest BCUT2D eigenvalue weighted by Gasteiger charge is 2.29. The van der Waals surface area contributed by atoms with Gasteiger partial charge in [0, 0.05) is 6.42 Å². The number of rotatable bonds is 8. The number of ether oxygens (including phenoxy) is 1.